The van der Waals surface area contributed by atoms with Crippen molar-refractivity contribution in [2.45, 2.75) is 0 Å². The van der Waals surface area contributed by atoms with Crippen molar-refractivity contribution in [2.24, 2.45) is 0 Å². The van der Waals surface area contributed by atoms with E-state index in [0.717, 1.165) is 4.60 Å². The van der Waals surface area contributed by atoms with E-state index in [-0.39, 0.29) is 0 Å². The highest BCUT2D eigenvalue weighted by atomic mass is 79.9. The highest BCUT2D eigenvalue weighted by Crippen LogP contribution is 2.25. The molecule has 0 aliphatic heterocycles. The normalized spacial score (nSPS) is 9.36. The maximum Gasteiger partial charge on any atom is 0.257 e. The van der Waals surface area contributed by atoms with Crippen LogP contribution >= 0.6 is 15.9 Å². The topological polar surface area (TPSA) is 31.4 Å². The van der Waals surface area contributed by atoms with E-state index in [1.54, 1.807) is 26.4 Å². The first-order valence-corrected chi connectivity index (χ1v) is 3.81. The van der Waals surface area contributed by atoms with Crippen molar-refractivity contribution < 1.29 is 9.47 Å². The number of aromatic nitrogens is 1. The second kappa shape index (κ2) is 3.57. The summed E-state index contributed by atoms with van der Waals surface area (Å²) in [5, 5.41) is 0. The Hall–Kier alpha value is -0.770. The summed E-state index contributed by atoms with van der Waals surface area (Å²) < 4.78 is 10.7. The monoisotopic (exact) mass is 217 g/mol. The molecule has 1 rings (SSSR count). The van der Waals surface area contributed by atoms with Gasteiger partial charge in [0.25, 0.3) is 5.88 Å². The molecule has 1 aromatic heterocycles. The number of rotatable bonds is 2. The van der Waals surface area contributed by atoms with E-state index in [1.165, 1.54) is 0 Å². The molecule has 0 aliphatic rings. The zero-order chi connectivity index (χ0) is 8.27. The number of hydrogen-bond donors (Lipinski definition) is 0. The summed E-state index contributed by atoms with van der Waals surface area (Å²) in [5.41, 5.74) is 0. The number of pyridine rings is 1. The molecule has 3 nitrogen and oxygen atoms in total. The minimum absolute atomic E-state index is 0.488. The summed E-state index contributed by atoms with van der Waals surface area (Å²) in [5.74, 6) is 1.12. The van der Waals surface area contributed by atoms with Crippen LogP contribution in [0.25, 0.3) is 0 Å². The molecule has 0 aliphatic carbocycles. The Bertz CT molecular complexity index is 252. The lowest BCUT2D eigenvalue weighted by atomic mass is 10.4. The lowest BCUT2D eigenvalue weighted by molar-refractivity contribution is 0.342. The average molecular weight is 218 g/mol. The lowest BCUT2D eigenvalue weighted by Crippen LogP contribution is -1.92. The Kier molecular flexibility index (Phi) is 2.70. The second-order valence-corrected chi connectivity index (χ2v) is 2.66. The molecule has 0 atom stereocenters. The van der Waals surface area contributed by atoms with Gasteiger partial charge in [-0.05, 0) is 28.1 Å². The fourth-order valence-electron chi connectivity index (χ4n) is 0.707. The Morgan fingerprint density at radius 3 is 2.55 bits per heavy atom. The van der Waals surface area contributed by atoms with Crippen molar-refractivity contribution in [3.8, 4) is 11.6 Å². The molecular formula is C7H8BrNO2. The minimum Gasteiger partial charge on any atom is -0.491 e. The van der Waals surface area contributed by atoms with Gasteiger partial charge in [-0.2, -0.15) is 0 Å². The molecule has 0 radical (unpaired) electrons. The molecule has 0 bridgehead atoms. The molecule has 0 unspecified atom stereocenters. The second-order valence-electron chi connectivity index (χ2n) is 1.85. The van der Waals surface area contributed by atoms with E-state index < -0.39 is 0 Å². The summed E-state index contributed by atoms with van der Waals surface area (Å²) in [6.45, 7) is 0. The van der Waals surface area contributed by atoms with Gasteiger partial charge < -0.3 is 9.47 Å². The first kappa shape index (κ1) is 8.33. The number of halogens is 1. The maximum atomic E-state index is 4.98. The molecule has 0 amide bonds. The van der Waals surface area contributed by atoms with Gasteiger partial charge in [-0.1, -0.05) is 0 Å². The van der Waals surface area contributed by atoms with Gasteiger partial charge in [-0.25, -0.2) is 4.98 Å². The Labute approximate surface area is 73.5 Å². The van der Waals surface area contributed by atoms with Crippen molar-refractivity contribution in [1.82, 2.24) is 4.98 Å². The van der Waals surface area contributed by atoms with E-state index in [9.17, 15) is 0 Å². The van der Waals surface area contributed by atoms with E-state index in [4.69, 9.17) is 9.47 Å². The third kappa shape index (κ3) is 1.83. The zero-order valence-corrected chi connectivity index (χ0v) is 7.88. The summed E-state index contributed by atoms with van der Waals surface area (Å²) in [6.07, 6.45) is 0. The molecular weight excluding hydrogens is 210 g/mol. The SMILES string of the molecule is COc1ccc(Br)nc1OC. The molecule has 0 saturated heterocycles. The lowest BCUT2D eigenvalue weighted by Gasteiger charge is -2.04. The quantitative estimate of drug-likeness (QED) is 0.710. The number of ether oxygens (including phenoxy) is 2. The maximum absolute atomic E-state index is 4.98. The van der Waals surface area contributed by atoms with Crippen LogP contribution in [0.5, 0.6) is 11.6 Å². The van der Waals surface area contributed by atoms with Gasteiger partial charge in [0.1, 0.15) is 4.60 Å². The van der Waals surface area contributed by atoms with Crippen LogP contribution in [0.4, 0.5) is 0 Å². The third-order valence-corrected chi connectivity index (χ3v) is 1.65. The summed E-state index contributed by atoms with van der Waals surface area (Å²) >= 11 is 3.22. The average Bonchev–Trinajstić information content (AvgIpc) is 2.04. The standard InChI is InChI=1S/C7H8BrNO2/c1-10-5-3-4-6(8)9-7(5)11-2/h3-4H,1-2H3. The van der Waals surface area contributed by atoms with Crippen LogP contribution in [0.2, 0.25) is 0 Å². The largest absolute Gasteiger partial charge is 0.491 e. The highest BCUT2D eigenvalue weighted by molar-refractivity contribution is 9.10. The van der Waals surface area contributed by atoms with Gasteiger partial charge >= 0.3 is 0 Å². The molecule has 0 aromatic carbocycles. The van der Waals surface area contributed by atoms with E-state index in [1.807, 2.05) is 0 Å². The fraction of sp³-hybridized carbons (Fsp3) is 0.286. The van der Waals surface area contributed by atoms with Crippen LogP contribution in [0.3, 0.4) is 0 Å². The molecule has 0 N–H and O–H groups in total. The van der Waals surface area contributed by atoms with E-state index in [0.29, 0.717) is 11.6 Å². The van der Waals surface area contributed by atoms with Gasteiger partial charge in [-0.15, -0.1) is 0 Å². The first-order chi connectivity index (χ1) is 5.27. The van der Waals surface area contributed by atoms with Crippen LogP contribution in [-0.4, -0.2) is 19.2 Å². The van der Waals surface area contributed by atoms with Gasteiger partial charge in [-0.3, -0.25) is 0 Å². The third-order valence-electron chi connectivity index (χ3n) is 1.20. The smallest absolute Gasteiger partial charge is 0.257 e. The van der Waals surface area contributed by atoms with Crippen molar-refractivity contribution >= 4 is 15.9 Å². The molecule has 60 valence electrons. The summed E-state index contributed by atoms with van der Waals surface area (Å²) in [7, 11) is 3.13. The summed E-state index contributed by atoms with van der Waals surface area (Å²) in [4.78, 5) is 4.03. The van der Waals surface area contributed by atoms with Crippen molar-refractivity contribution in [2.75, 3.05) is 14.2 Å². The van der Waals surface area contributed by atoms with Gasteiger partial charge in [0, 0.05) is 0 Å². The van der Waals surface area contributed by atoms with Crippen LogP contribution < -0.4 is 9.47 Å². The molecule has 11 heavy (non-hydrogen) atoms. The van der Waals surface area contributed by atoms with Gasteiger partial charge in [0.15, 0.2) is 5.75 Å². The van der Waals surface area contributed by atoms with Crippen molar-refractivity contribution in [1.29, 1.82) is 0 Å². The molecule has 0 saturated carbocycles. The molecule has 0 fully saturated rings. The van der Waals surface area contributed by atoms with Crippen LogP contribution in [0.1, 0.15) is 0 Å². The number of nitrogens with zero attached hydrogens (tertiary/aromatic N) is 1. The molecule has 1 aromatic rings. The predicted molar refractivity (Wildman–Crippen MR) is 45.0 cm³/mol. The number of hydrogen-bond acceptors (Lipinski definition) is 3. The molecule has 4 heteroatoms. The minimum atomic E-state index is 0.488. The predicted octanol–water partition coefficient (Wildman–Crippen LogP) is 1.86. The van der Waals surface area contributed by atoms with E-state index >= 15 is 0 Å². The Balaban J connectivity index is 3.06. The Morgan fingerprint density at radius 1 is 1.27 bits per heavy atom. The first-order valence-electron chi connectivity index (χ1n) is 3.02. The van der Waals surface area contributed by atoms with Crippen molar-refractivity contribution in [3.05, 3.63) is 16.7 Å². The van der Waals surface area contributed by atoms with Crippen LogP contribution in [0, 0.1) is 0 Å². The molecule has 1 heterocycles. The Morgan fingerprint density at radius 2 is 2.00 bits per heavy atom. The van der Waals surface area contributed by atoms with Crippen LogP contribution in [-0.2, 0) is 0 Å². The van der Waals surface area contributed by atoms with Crippen LogP contribution in [0.15, 0.2) is 16.7 Å². The van der Waals surface area contributed by atoms with Gasteiger partial charge in [0.2, 0.25) is 0 Å². The summed E-state index contributed by atoms with van der Waals surface area (Å²) in [6, 6.07) is 3.58. The van der Waals surface area contributed by atoms with Gasteiger partial charge in [0.05, 0.1) is 14.2 Å². The van der Waals surface area contributed by atoms with E-state index in [2.05, 4.69) is 20.9 Å². The fourth-order valence-corrected chi connectivity index (χ4v) is 1.000. The molecule has 0 spiro atoms. The number of methoxy groups -OCH3 is 2. The highest BCUT2D eigenvalue weighted by Gasteiger charge is 2.03. The zero-order valence-electron chi connectivity index (χ0n) is 6.30. The van der Waals surface area contributed by atoms with Crippen molar-refractivity contribution in [3.63, 3.8) is 0 Å².